The molecule has 0 saturated heterocycles. The maximum Gasteiger partial charge on any atom is 0.322 e. The molecule has 8 nitrogen and oxygen atoms in total. The molecule has 0 bridgehead atoms. The number of benzene rings is 2. The Kier molecular flexibility index (Phi) is 5.39. The second-order valence-corrected chi connectivity index (χ2v) is 8.74. The van der Waals surface area contributed by atoms with Gasteiger partial charge in [0.1, 0.15) is 10.7 Å². The molecule has 1 aromatic heterocycles. The number of rotatable bonds is 5. The molecule has 0 aliphatic heterocycles. The van der Waals surface area contributed by atoms with Crippen LogP contribution < -0.4 is 10.2 Å². The molecule has 2 amide bonds. The van der Waals surface area contributed by atoms with Crippen molar-refractivity contribution in [2.24, 2.45) is 0 Å². The molecule has 2 aromatic carbocycles. The second kappa shape index (κ2) is 7.61. The molecule has 0 radical (unpaired) electrons. The Morgan fingerprint density at radius 2 is 1.71 bits per heavy atom. The summed E-state index contributed by atoms with van der Waals surface area (Å²) in [6.45, 7) is 1.81. The van der Waals surface area contributed by atoms with Crippen molar-refractivity contribution in [2.45, 2.75) is 17.9 Å². The van der Waals surface area contributed by atoms with E-state index in [0.29, 0.717) is 11.5 Å². The lowest BCUT2D eigenvalue weighted by Gasteiger charge is -2.24. The van der Waals surface area contributed by atoms with Gasteiger partial charge in [0.25, 0.3) is 0 Å². The molecule has 3 rings (SSSR count). The third kappa shape index (κ3) is 3.71. The van der Waals surface area contributed by atoms with Crippen molar-refractivity contribution >= 4 is 32.8 Å². The van der Waals surface area contributed by atoms with E-state index >= 15 is 0 Å². The van der Waals surface area contributed by atoms with Crippen molar-refractivity contribution < 1.29 is 13.2 Å². The summed E-state index contributed by atoms with van der Waals surface area (Å²) in [5.41, 5.74) is 1.99. The van der Waals surface area contributed by atoms with Crippen LogP contribution in [-0.4, -0.2) is 49.9 Å². The van der Waals surface area contributed by atoms with E-state index in [4.69, 9.17) is 0 Å². The number of anilines is 1. The number of H-pyrrole nitrogens is 1. The molecule has 0 spiro atoms. The number of carbonyl (C=O) groups is 1. The lowest BCUT2D eigenvalue weighted by atomic mass is 10.3. The second-order valence-electron chi connectivity index (χ2n) is 6.62. The average molecular weight is 401 g/mol. The molecule has 0 fully saturated rings. The summed E-state index contributed by atoms with van der Waals surface area (Å²) in [7, 11) is 0.750. The lowest BCUT2D eigenvalue weighted by Crippen LogP contribution is -2.40. The molecule has 3 aromatic rings. The fourth-order valence-electron chi connectivity index (χ4n) is 2.79. The van der Waals surface area contributed by atoms with Gasteiger partial charge in [-0.15, -0.1) is 0 Å². The summed E-state index contributed by atoms with van der Waals surface area (Å²) in [5, 5.41) is 2.85. The van der Waals surface area contributed by atoms with Crippen LogP contribution in [0.4, 0.5) is 10.5 Å². The van der Waals surface area contributed by atoms with Crippen molar-refractivity contribution in [1.82, 2.24) is 19.6 Å². The van der Waals surface area contributed by atoms with E-state index in [2.05, 4.69) is 15.3 Å². The fraction of sp³-hybridized carbons (Fsp3) is 0.263. The molecular weight excluding hydrogens is 378 g/mol. The van der Waals surface area contributed by atoms with Gasteiger partial charge in [0.2, 0.25) is 10.0 Å². The van der Waals surface area contributed by atoms with Crippen LogP contribution in [-0.2, 0) is 10.0 Å². The Morgan fingerprint density at radius 3 is 2.39 bits per heavy atom. The maximum atomic E-state index is 12.8. The first-order chi connectivity index (χ1) is 13.2. The van der Waals surface area contributed by atoms with Crippen molar-refractivity contribution in [2.75, 3.05) is 26.0 Å². The van der Waals surface area contributed by atoms with Gasteiger partial charge in [-0.25, -0.2) is 22.5 Å². The minimum absolute atomic E-state index is 0.0639. The summed E-state index contributed by atoms with van der Waals surface area (Å²) >= 11 is 0. The van der Waals surface area contributed by atoms with E-state index in [0.717, 1.165) is 15.3 Å². The zero-order valence-corrected chi connectivity index (χ0v) is 17.0. The standard InChI is InChI=1S/C19H23N5O3S/c1-13(18-21-14-9-5-6-10-15(14)22-18)20-19(25)24(4)16-11-7-8-12-17(16)28(26,27)23(2)3/h5-13H,1-4H3,(H,20,25)(H,21,22)/t13-/m1/s1. The first-order valence-corrected chi connectivity index (χ1v) is 10.2. The first-order valence-electron chi connectivity index (χ1n) is 8.72. The molecule has 2 N–H and O–H groups in total. The Morgan fingerprint density at radius 1 is 1.07 bits per heavy atom. The highest BCUT2D eigenvalue weighted by molar-refractivity contribution is 7.89. The lowest BCUT2D eigenvalue weighted by molar-refractivity contribution is 0.244. The molecule has 1 heterocycles. The molecule has 0 unspecified atom stereocenters. The molecule has 0 aliphatic rings. The zero-order chi connectivity index (χ0) is 20.5. The highest BCUT2D eigenvalue weighted by atomic mass is 32.2. The van der Waals surface area contributed by atoms with Crippen LogP contribution in [0.1, 0.15) is 18.8 Å². The zero-order valence-electron chi connectivity index (χ0n) is 16.2. The van der Waals surface area contributed by atoms with Gasteiger partial charge >= 0.3 is 6.03 Å². The summed E-state index contributed by atoms with van der Waals surface area (Å²) in [6.07, 6.45) is 0. The molecule has 1 atom stereocenters. The largest absolute Gasteiger partial charge is 0.340 e. The van der Waals surface area contributed by atoms with E-state index < -0.39 is 16.1 Å². The number of hydrogen-bond acceptors (Lipinski definition) is 4. The van der Waals surface area contributed by atoms with Crippen molar-refractivity contribution in [1.29, 1.82) is 0 Å². The van der Waals surface area contributed by atoms with E-state index in [1.165, 1.54) is 32.1 Å². The topological polar surface area (TPSA) is 98.4 Å². The van der Waals surface area contributed by atoms with Crippen LogP contribution in [0.5, 0.6) is 0 Å². The molecule has 0 aliphatic carbocycles. The SMILES string of the molecule is C[C@@H](NC(=O)N(C)c1ccccc1S(=O)(=O)N(C)C)c1nc2ccccc2[nH]1. The summed E-state index contributed by atoms with van der Waals surface area (Å²) in [5.74, 6) is 0.622. The van der Waals surface area contributed by atoms with Crippen molar-refractivity contribution in [3.8, 4) is 0 Å². The number of urea groups is 1. The van der Waals surface area contributed by atoms with Gasteiger partial charge in [-0.3, -0.25) is 4.90 Å². The summed E-state index contributed by atoms with van der Waals surface area (Å²) in [4.78, 5) is 21.8. The van der Waals surface area contributed by atoms with Gasteiger partial charge in [-0.1, -0.05) is 24.3 Å². The fourth-order valence-corrected chi connectivity index (χ4v) is 3.90. The molecule has 28 heavy (non-hydrogen) atoms. The van der Waals surface area contributed by atoms with Crippen molar-refractivity contribution in [3.05, 3.63) is 54.4 Å². The number of sulfonamides is 1. The minimum Gasteiger partial charge on any atom is -0.340 e. The van der Waals surface area contributed by atoms with Crippen LogP contribution in [0, 0.1) is 0 Å². The van der Waals surface area contributed by atoms with Crippen LogP contribution in [0.15, 0.2) is 53.4 Å². The third-order valence-corrected chi connectivity index (χ3v) is 6.31. The number of nitrogens with zero attached hydrogens (tertiary/aromatic N) is 3. The van der Waals surface area contributed by atoms with Gasteiger partial charge < -0.3 is 10.3 Å². The van der Waals surface area contributed by atoms with Gasteiger partial charge in [-0.05, 0) is 31.2 Å². The van der Waals surface area contributed by atoms with E-state index in [-0.39, 0.29) is 10.9 Å². The molecule has 148 valence electrons. The predicted octanol–water partition coefficient (Wildman–Crippen LogP) is 2.72. The number of hydrogen-bond donors (Lipinski definition) is 2. The smallest absolute Gasteiger partial charge is 0.322 e. The van der Waals surface area contributed by atoms with Gasteiger partial charge in [0, 0.05) is 21.1 Å². The highest BCUT2D eigenvalue weighted by Gasteiger charge is 2.25. The number of nitrogens with one attached hydrogen (secondary N) is 2. The van der Waals surface area contributed by atoms with Gasteiger partial charge in [0.15, 0.2) is 0 Å². The third-order valence-electron chi connectivity index (χ3n) is 4.45. The molecule has 9 heteroatoms. The number of amides is 2. The number of carbonyl (C=O) groups excluding carboxylic acids is 1. The normalized spacial score (nSPS) is 12.9. The number of aromatic nitrogens is 2. The number of imidazole rings is 1. The van der Waals surface area contributed by atoms with Gasteiger partial charge in [-0.2, -0.15) is 0 Å². The predicted molar refractivity (Wildman–Crippen MR) is 109 cm³/mol. The number of para-hydroxylation sites is 3. The highest BCUT2D eigenvalue weighted by Crippen LogP contribution is 2.26. The Hall–Kier alpha value is -2.91. The number of aromatic amines is 1. The Labute approximate surface area is 164 Å². The van der Waals surface area contributed by atoms with Crippen LogP contribution >= 0.6 is 0 Å². The van der Waals surface area contributed by atoms with Crippen molar-refractivity contribution in [3.63, 3.8) is 0 Å². The summed E-state index contributed by atoms with van der Waals surface area (Å²) in [6, 6.07) is 13.2. The quantitative estimate of drug-likeness (QED) is 0.687. The molecular formula is C19H23N5O3S. The van der Waals surface area contributed by atoms with Crippen LogP contribution in [0.2, 0.25) is 0 Å². The Bertz CT molecular complexity index is 1070. The van der Waals surface area contributed by atoms with E-state index in [1.807, 2.05) is 31.2 Å². The Balaban J connectivity index is 1.83. The first kappa shape index (κ1) is 19.8. The van der Waals surface area contributed by atoms with E-state index in [1.54, 1.807) is 18.2 Å². The van der Waals surface area contributed by atoms with Crippen LogP contribution in [0.25, 0.3) is 11.0 Å². The monoisotopic (exact) mass is 401 g/mol. The number of fused-ring (bicyclic) bond motifs is 1. The maximum absolute atomic E-state index is 12.8. The minimum atomic E-state index is -3.69. The van der Waals surface area contributed by atoms with Gasteiger partial charge in [0.05, 0.1) is 22.8 Å². The summed E-state index contributed by atoms with van der Waals surface area (Å²) < 4.78 is 26.3. The average Bonchev–Trinajstić information content (AvgIpc) is 3.11. The van der Waals surface area contributed by atoms with Crippen LogP contribution in [0.3, 0.4) is 0 Å². The molecule has 0 saturated carbocycles. The van der Waals surface area contributed by atoms with E-state index in [9.17, 15) is 13.2 Å².